The Hall–Kier alpha value is -2.36. The predicted molar refractivity (Wildman–Crippen MR) is 112 cm³/mol. The molecule has 6 heteroatoms. The van der Waals surface area contributed by atoms with Crippen molar-refractivity contribution in [1.29, 1.82) is 5.26 Å². The second-order valence-electron chi connectivity index (χ2n) is 8.72. The number of anilines is 1. The fraction of sp³-hybridized carbons (Fsp3) is 0.417. The van der Waals surface area contributed by atoms with Gasteiger partial charge < -0.3 is 26.2 Å². The Morgan fingerprint density at radius 1 is 1.07 bits per heavy atom. The van der Waals surface area contributed by atoms with Crippen molar-refractivity contribution >= 4 is 11.8 Å². The number of piperidine rings is 1. The van der Waals surface area contributed by atoms with Crippen molar-refractivity contribution < 1.29 is 31.0 Å². The summed E-state index contributed by atoms with van der Waals surface area (Å²) in [6, 6.07) is 20.3. The molecule has 0 aliphatic carbocycles. The predicted octanol–water partition coefficient (Wildman–Crippen LogP) is 1.48. The van der Waals surface area contributed by atoms with Crippen LogP contribution in [0.3, 0.4) is 0 Å². The Balaban J connectivity index is 0.00000256. The molecule has 2 heterocycles. The fourth-order valence-corrected chi connectivity index (χ4v) is 4.87. The van der Waals surface area contributed by atoms with E-state index in [0.29, 0.717) is 24.2 Å². The van der Waals surface area contributed by atoms with Gasteiger partial charge in [-0.15, -0.1) is 0 Å². The highest BCUT2D eigenvalue weighted by molar-refractivity contribution is 5.87. The molecule has 2 bridgehead atoms. The molecule has 30 heavy (non-hydrogen) atoms. The number of carbonyl (C=O) groups excluding carboxylic acids is 1. The summed E-state index contributed by atoms with van der Waals surface area (Å²) in [5.41, 5.74) is 2.39. The van der Waals surface area contributed by atoms with Crippen LogP contribution in [0.1, 0.15) is 36.8 Å². The van der Waals surface area contributed by atoms with E-state index in [2.05, 4.69) is 20.2 Å². The van der Waals surface area contributed by atoms with Gasteiger partial charge in [0, 0.05) is 31.4 Å². The molecule has 0 N–H and O–H groups in total. The third-order valence-electron chi connectivity index (χ3n) is 6.76. The highest BCUT2D eigenvalue weighted by atomic mass is 79.9. The molecule has 0 spiro atoms. The van der Waals surface area contributed by atoms with Gasteiger partial charge in [-0.25, -0.2) is 4.79 Å². The molecular weight excluding hydrogens is 442 g/mol. The number of hydrogen-bond acceptors (Lipinski definition) is 3. The minimum atomic E-state index is -0.294. The molecule has 5 nitrogen and oxygen atoms in total. The Labute approximate surface area is 189 Å². The average Bonchev–Trinajstić information content (AvgIpc) is 2.89. The van der Waals surface area contributed by atoms with E-state index in [1.165, 1.54) is 12.8 Å². The van der Waals surface area contributed by atoms with Gasteiger partial charge in [0.2, 0.25) is 0 Å². The summed E-state index contributed by atoms with van der Waals surface area (Å²) in [5, 5.41) is 9.01. The lowest BCUT2D eigenvalue weighted by Crippen LogP contribution is -3.00. The molecule has 158 valence electrons. The van der Waals surface area contributed by atoms with Crippen LogP contribution < -0.4 is 21.9 Å². The van der Waals surface area contributed by atoms with Crippen molar-refractivity contribution in [2.75, 3.05) is 19.0 Å². The number of halogens is 1. The van der Waals surface area contributed by atoms with Crippen LogP contribution in [-0.2, 0) is 11.3 Å². The number of para-hydroxylation sites is 1. The maximum absolute atomic E-state index is 13.2. The first-order valence-corrected chi connectivity index (χ1v) is 10.3. The van der Waals surface area contributed by atoms with Gasteiger partial charge >= 0.3 is 6.09 Å². The van der Waals surface area contributed by atoms with Crippen molar-refractivity contribution in [2.45, 2.75) is 50.4 Å². The number of nitrogens with zero attached hydrogens (tertiary/aromatic N) is 3. The molecule has 2 fully saturated rings. The number of benzene rings is 2. The third-order valence-corrected chi connectivity index (χ3v) is 6.76. The topological polar surface area (TPSA) is 53.3 Å². The third kappa shape index (κ3) is 4.53. The van der Waals surface area contributed by atoms with E-state index < -0.39 is 0 Å². The van der Waals surface area contributed by atoms with Gasteiger partial charge in [-0.2, -0.15) is 5.26 Å². The van der Waals surface area contributed by atoms with Crippen molar-refractivity contribution in [3.05, 3.63) is 65.7 Å². The van der Waals surface area contributed by atoms with E-state index in [0.717, 1.165) is 28.6 Å². The maximum atomic E-state index is 13.2. The minimum Gasteiger partial charge on any atom is -1.00 e. The number of carbonyl (C=O) groups is 1. The molecule has 0 saturated carbocycles. The van der Waals surface area contributed by atoms with Crippen LogP contribution in [0.2, 0.25) is 0 Å². The first-order valence-electron chi connectivity index (χ1n) is 10.3. The highest BCUT2D eigenvalue weighted by Crippen LogP contribution is 2.40. The van der Waals surface area contributed by atoms with Crippen LogP contribution in [0.15, 0.2) is 54.6 Å². The summed E-state index contributed by atoms with van der Waals surface area (Å²) in [6.07, 6.45) is 4.01. The van der Waals surface area contributed by atoms with Gasteiger partial charge in [0.15, 0.2) is 0 Å². The van der Waals surface area contributed by atoms with Gasteiger partial charge in [-0.1, -0.05) is 30.3 Å². The van der Waals surface area contributed by atoms with E-state index in [4.69, 9.17) is 10.00 Å². The number of hydrogen-bond donors (Lipinski definition) is 0. The standard InChI is InChI=1S/C24H28N3O2.BrH/c1-27(2)21-12-13-22(27)15-23(14-21)29-24(28)26(20-6-4-3-5-7-20)17-19-10-8-18(16-25)9-11-19;/h3-11,21-23H,12-15,17H2,1-2H3;1H/q+1;/p-1/t21-,22+,23?;. The molecule has 1 amide bonds. The Morgan fingerprint density at radius 2 is 1.67 bits per heavy atom. The average molecular weight is 470 g/mol. The molecular formula is C24H28BrN3O2. The monoisotopic (exact) mass is 469 g/mol. The van der Waals surface area contributed by atoms with Crippen LogP contribution in [0.4, 0.5) is 10.5 Å². The summed E-state index contributed by atoms with van der Waals surface area (Å²) < 4.78 is 7.08. The summed E-state index contributed by atoms with van der Waals surface area (Å²) in [6.45, 7) is 0.412. The first-order chi connectivity index (χ1) is 14.0. The second kappa shape index (κ2) is 9.20. The second-order valence-corrected chi connectivity index (χ2v) is 8.72. The quantitative estimate of drug-likeness (QED) is 0.637. The van der Waals surface area contributed by atoms with Crippen LogP contribution in [0, 0.1) is 11.3 Å². The molecule has 2 aromatic carbocycles. The van der Waals surface area contributed by atoms with E-state index in [1.807, 2.05) is 42.5 Å². The molecule has 0 radical (unpaired) electrons. The normalized spacial score (nSPS) is 23.7. The number of ether oxygens (including phenoxy) is 1. The first kappa shape index (κ1) is 22.3. The van der Waals surface area contributed by atoms with Crippen molar-refractivity contribution in [3.63, 3.8) is 0 Å². The minimum absolute atomic E-state index is 0. The lowest BCUT2D eigenvalue weighted by Gasteiger charge is -2.44. The van der Waals surface area contributed by atoms with Gasteiger partial charge in [0.25, 0.3) is 0 Å². The Bertz CT molecular complexity index is 892. The van der Waals surface area contributed by atoms with E-state index in [1.54, 1.807) is 17.0 Å². The number of nitriles is 1. The summed E-state index contributed by atoms with van der Waals surface area (Å²) in [4.78, 5) is 14.9. The van der Waals surface area contributed by atoms with Crippen LogP contribution >= 0.6 is 0 Å². The molecule has 2 aliphatic rings. The van der Waals surface area contributed by atoms with E-state index in [9.17, 15) is 4.79 Å². The van der Waals surface area contributed by atoms with Gasteiger partial charge in [-0.3, -0.25) is 4.90 Å². The van der Waals surface area contributed by atoms with Crippen LogP contribution in [0.5, 0.6) is 0 Å². The van der Waals surface area contributed by atoms with Crippen LogP contribution in [0.25, 0.3) is 0 Å². The largest absolute Gasteiger partial charge is 1.00 e. The molecule has 1 unspecified atom stereocenters. The number of amides is 1. The number of fused-ring (bicyclic) bond motifs is 2. The summed E-state index contributed by atoms with van der Waals surface area (Å²) >= 11 is 0. The Kier molecular flexibility index (Phi) is 6.84. The van der Waals surface area contributed by atoms with E-state index in [-0.39, 0.29) is 29.2 Å². The zero-order chi connectivity index (χ0) is 20.4. The molecule has 4 rings (SSSR count). The van der Waals surface area contributed by atoms with Crippen molar-refractivity contribution in [3.8, 4) is 6.07 Å². The van der Waals surface area contributed by atoms with Gasteiger partial charge in [-0.05, 0) is 29.8 Å². The smallest absolute Gasteiger partial charge is 0.414 e. The van der Waals surface area contributed by atoms with Crippen molar-refractivity contribution in [1.82, 2.24) is 0 Å². The summed E-state index contributed by atoms with van der Waals surface area (Å²) in [5.74, 6) is 0. The van der Waals surface area contributed by atoms with Gasteiger partial charge in [0.05, 0.1) is 44.4 Å². The molecule has 2 aliphatic heterocycles. The maximum Gasteiger partial charge on any atom is 0.414 e. The molecule has 3 atom stereocenters. The summed E-state index contributed by atoms with van der Waals surface area (Å²) in [7, 11) is 4.61. The highest BCUT2D eigenvalue weighted by Gasteiger charge is 2.50. The lowest BCUT2D eigenvalue weighted by molar-refractivity contribution is -0.931. The van der Waals surface area contributed by atoms with Crippen LogP contribution in [-0.4, -0.2) is 42.9 Å². The zero-order valence-corrected chi connectivity index (χ0v) is 19.1. The number of rotatable bonds is 4. The molecule has 2 aromatic rings. The molecule has 0 aromatic heterocycles. The Morgan fingerprint density at radius 3 is 2.23 bits per heavy atom. The zero-order valence-electron chi connectivity index (χ0n) is 17.5. The SMILES string of the molecule is C[N+]1(C)[C@@H]2CC[C@H]1CC(OC(=O)N(Cc1ccc(C#N)cc1)c1ccccc1)C2.[Br-]. The van der Waals surface area contributed by atoms with E-state index >= 15 is 0 Å². The van der Waals surface area contributed by atoms with Crippen molar-refractivity contribution in [2.24, 2.45) is 0 Å². The van der Waals surface area contributed by atoms with Gasteiger partial charge in [0.1, 0.15) is 6.10 Å². The lowest BCUT2D eigenvalue weighted by atomic mass is 9.98. The number of quaternary nitrogens is 1. The fourth-order valence-electron chi connectivity index (χ4n) is 4.87. The molecule has 2 saturated heterocycles.